The first-order valence-corrected chi connectivity index (χ1v) is 8.36. The average Bonchev–Trinajstić information content (AvgIpc) is 2.66. The molecule has 3 aromatic rings. The summed E-state index contributed by atoms with van der Waals surface area (Å²) in [6, 6.07) is 11.3. The molecular weight excluding hydrogens is 339 g/mol. The van der Waals surface area contributed by atoms with Crippen molar-refractivity contribution < 1.29 is 13.2 Å². The van der Waals surface area contributed by atoms with Gasteiger partial charge in [0, 0.05) is 55.0 Å². The zero-order valence-corrected chi connectivity index (χ0v) is 13.9. The lowest BCUT2D eigenvalue weighted by atomic mass is 10.1. The first kappa shape index (κ1) is 16.7. The highest BCUT2D eigenvalue weighted by Crippen LogP contribution is 2.23. The van der Waals surface area contributed by atoms with Gasteiger partial charge in [-0.2, -0.15) is 0 Å². The van der Waals surface area contributed by atoms with Crippen molar-refractivity contribution >= 4 is 0 Å². The normalized spacial score (nSPS) is 14.3. The van der Waals surface area contributed by atoms with Crippen LogP contribution in [0.1, 0.15) is 16.8 Å². The summed E-state index contributed by atoms with van der Waals surface area (Å²) in [5.74, 6) is -2.25. The summed E-state index contributed by atoms with van der Waals surface area (Å²) in [7, 11) is 0. The minimum atomic E-state index is -1.17. The minimum absolute atomic E-state index is 0.147. The number of nitrogens with zero attached hydrogens (tertiary/aromatic N) is 3. The molecule has 0 spiro atoms. The molecule has 132 valence electrons. The van der Waals surface area contributed by atoms with Crippen molar-refractivity contribution in [2.75, 3.05) is 6.54 Å². The number of benzene rings is 2. The quantitative estimate of drug-likeness (QED) is 0.662. The Kier molecular flexibility index (Phi) is 4.42. The number of fused-ring (bicyclic) bond motifs is 1. The highest BCUT2D eigenvalue weighted by atomic mass is 19.2. The summed E-state index contributed by atoms with van der Waals surface area (Å²) >= 11 is 0. The smallest absolute Gasteiger partial charge is 0.161 e. The molecule has 1 aromatic heterocycles. The van der Waals surface area contributed by atoms with E-state index in [1.807, 2.05) is 35.2 Å². The highest BCUT2D eigenvalue weighted by molar-refractivity contribution is 5.54. The molecule has 3 nitrogen and oxygen atoms in total. The third-order valence-electron chi connectivity index (χ3n) is 4.53. The molecule has 4 rings (SSSR count). The van der Waals surface area contributed by atoms with Crippen LogP contribution in [0.15, 0.2) is 48.7 Å². The van der Waals surface area contributed by atoms with Crippen LogP contribution in [0.5, 0.6) is 0 Å². The standard InChI is InChI=1S/C20H16F3N3/c21-16-9-18(23)17(22)8-14(16)11-26-7-6-19-15(12-26)10-24-20(25-19)13-4-2-1-3-5-13/h1-5,8-10H,6-7,11-12H2. The average molecular weight is 355 g/mol. The number of rotatable bonds is 3. The van der Waals surface area contributed by atoms with E-state index in [-0.39, 0.29) is 12.1 Å². The molecule has 0 atom stereocenters. The Labute approximate surface area is 149 Å². The van der Waals surface area contributed by atoms with Gasteiger partial charge < -0.3 is 0 Å². The second-order valence-electron chi connectivity index (χ2n) is 6.35. The fourth-order valence-corrected chi connectivity index (χ4v) is 3.16. The highest BCUT2D eigenvalue weighted by Gasteiger charge is 2.20. The Morgan fingerprint density at radius 2 is 1.73 bits per heavy atom. The van der Waals surface area contributed by atoms with Gasteiger partial charge >= 0.3 is 0 Å². The fraction of sp³-hybridized carbons (Fsp3) is 0.200. The summed E-state index contributed by atoms with van der Waals surface area (Å²) in [6.45, 7) is 1.42. The van der Waals surface area contributed by atoms with E-state index in [4.69, 9.17) is 0 Å². The topological polar surface area (TPSA) is 29.0 Å². The molecule has 0 N–H and O–H groups in total. The SMILES string of the molecule is Fc1cc(F)c(CN2CCc3nc(-c4ccccc4)ncc3C2)cc1F. The van der Waals surface area contributed by atoms with E-state index in [2.05, 4.69) is 9.97 Å². The van der Waals surface area contributed by atoms with Gasteiger partial charge in [0.2, 0.25) is 0 Å². The summed E-state index contributed by atoms with van der Waals surface area (Å²) in [4.78, 5) is 11.0. The summed E-state index contributed by atoms with van der Waals surface area (Å²) in [6.07, 6.45) is 2.49. The molecule has 6 heteroatoms. The monoisotopic (exact) mass is 355 g/mol. The summed E-state index contributed by atoms with van der Waals surface area (Å²) < 4.78 is 40.3. The largest absolute Gasteiger partial charge is 0.294 e. The second kappa shape index (κ2) is 6.88. The molecular formula is C20H16F3N3. The van der Waals surface area contributed by atoms with Crippen molar-refractivity contribution in [3.8, 4) is 11.4 Å². The Hall–Kier alpha value is -2.73. The number of hydrogen-bond acceptors (Lipinski definition) is 3. The molecule has 0 radical (unpaired) electrons. The second-order valence-corrected chi connectivity index (χ2v) is 6.35. The number of halogens is 3. The van der Waals surface area contributed by atoms with Gasteiger partial charge in [-0.15, -0.1) is 0 Å². The van der Waals surface area contributed by atoms with E-state index >= 15 is 0 Å². The first-order chi connectivity index (χ1) is 12.6. The lowest BCUT2D eigenvalue weighted by Crippen LogP contribution is -2.31. The van der Waals surface area contributed by atoms with Gasteiger partial charge in [-0.1, -0.05) is 30.3 Å². The third kappa shape index (κ3) is 3.32. The van der Waals surface area contributed by atoms with Crippen molar-refractivity contribution in [2.45, 2.75) is 19.5 Å². The van der Waals surface area contributed by atoms with Crippen LogP contribution in [0, 0.1) is 17.5 Å². The van der Waals surface area contributed by atoms with E-state index in [1.165, 1.54) is 0 Å². The van der Waals surface area contributed by atoms with E-state index in [9.17, 15) is 13.2 Å². The predicted molar refractivity (Wildman–Crippen MR) is 91.6 cm³/mol. The zero-order chi connectivity index (χ0) is 18.1. The van der Waals surface area contributed by atoms with Crippen LogP contribution >= 0.6 is 0 Å². The van der Waals surface area contributed by atoms with E-state index in [0.29, 0.717) is 31.4 Å². The Morgan fingerprint density at radius 1 is 0.962 bits per heavy atom. The van der Waals surface area contributed by atoms with E-state index in [1.54, 1.807) is 6.20 Å². The molecule has 0 bridgehead atoms. The molecule has 0 unspecified atom stereocenters. The third-order valence-corrected chi connectivity index (χ3v) is 4.53. The van der Waals surface area contributed by atoms with Crippen LogP contribution in [0.3, 0.4) is 0 Å². The molecule has 0 saturated heterocycles. The summed E-state index contributed by atoms with van der Waals surface area (Å²) in [5, 5.41) is 0. The van der Waals surface area contributed by atoms with Gasteiger partial charge in [-0.3, -0.25) is 4.90 Å². The van der Waals surface area contributed by atoms with E-state index in [0.717, 1.165) is 22.9 Å². The zero-order valence-electron chi connectivity index (χ0n) is 13.9. The molecule has 1 aliphatic rings. The van der Waals surface area contributed by atoms with Gasteiger partial charge in [0.15, 0.2) is 17.5 Å². The van der Waals surface area contributed by atoms with Crippen LogP contribution in [0.2, 0.25) is 0 Å². The van der Waals surface area contributed by atoms with Gasteiger partial charge in [0.1, 0.15) is 5.82 Å². The minimum Gasteiger partial charge on any atom is -0.294 e. The van der Waals surface area contributed by atoms with Crippen molar-refractivity contribution in [1.82, 2.24) is 14.9 Å². The maximum atomic E-state index is 13.9. The van der Waals surface area contributed by atoms with Crippen LogP contribution in [-0.2, 0) is 19.5 Å². The lowest BCUT2D eigenvalue weighted by Gasteiger charge is -2.28. The molecule has 0 fully saturated rings. The van der Waals surface area contributed by atoms with Gasteiger partial charge in [-0.05, 0) is 6.07 Å². The van der Waals surface area contributed by atoms with Gasteiger partial charge in [0.25, 0.3) is 0 Å². The molecule has 0 aliphatic carbocycles. The Bertz CT molecular complexity index is 945. The maximum Gasteiger partial charge on any atom is 0.161 e. The number of hydrogen-bond donors (Lipinski definition) is 0. The molecule has 2 heterocycles. The van der Waals surface area contributed by atoms with Gasteiger partial charge in [-0.25, -0.2) is 23.1 Å². The molecule has 0 saturated carbocycles. The van der Waals surface area contributed by atoms with Crippen LogP contribution in [-0.4, -0.2) is 21.4 Å². The van der Waals surface area contributed by atoms with Crippen molar-refractivity contribution in [3.05, 3.63) is 82.9 Å². The Morgan fingerprint density at radius 3 is 2.54 bits per heavy atom. The maximum absolute atomic E-state index is 13.9. The first-order valence-electron chi connectivity index (χ1n) is 8.36. The molecule has 0 amide bonds. The summed E-state index contributed by atoms with van der Waals surface area (Å²) in [5.41, 5.74) is 3.05. The lowest BCUT2D eigenvalue weighted by molar-refractivity contribution is 0.239. The van der Waals surface area contributed by atoms with Crippen molar-refractivity contribution in [2.24, 2.45) is 0 Å². The Balaban J connectivity index is 1.53. The van der Waals surface area contributed by atoms with Crippen LogP contribution < -0.4 is 0 Å². The number of aromatic nitrogens is 2. The molecule has 2 aromatic carbocycles. The van der Waals surface area contributed by atoms with Crippen molar-refractivity contribution in [1.29, 1.82) is 0 Å². The molecule has 26 heavy (non-hydrogen) atoms. The molecule has 1 aliphatic heterocycles. The van der Waals surface area contributed by atoms with E-state index < -0.39 is 17.5 Å². The fourth-order valence-electron chi connectivity index (χ4n) is 3.16. The van der Waals surface area contributed by atoms with Crippen LogP contribution in [0.25, 0.3) is 11.4 Å². The predicted octanol–water partition coefficient (Wildman–Crippen LogP) is 4.12. The van der Waals surface area contributed by atoms with Crippen LogP contribution in [0.4, 0.5) is 13.2 Å². The van der Waals surface area contributed by atoms with Crippen molar-refractivity contribution in [3.63, 3.8) is 0 Å². The van der Waals surface area contributed by atoms with Gasteiger partial charge in [0.05, 0.1) is 5.69 Å².